The largest absolute Gasteiger partial charge is 0.353 e. The van der Waals surface area contributed by atoms with Crippen LogP contribution in [0.15, 0.2) is 41.3 Å². The molecule has 24 heavy (non-hydrogen) atoms. The Balaban J connectivity index is 0.00000208. The van der Waals surface area contributed by atoms with Crippen molar-refractivity contribution in [3.8, 4) is 0 Å². The first-order valence-electron chi connectivity index (χ1n) is 7.98. The molecule has 1 aliphatic carbocycles. The van der Waals surface area contributed by atoms with E-state index < -0.39 is 0 Å². The number of hydrogen-bond acceptors (Lipinski definition) is 3. The summed E-state index contributed by atoms with van der Waals surface area (Å²) < 4.78 is 0. The van der Waals surface area contributed by atoms with Gasteiger partial charge in [-0.15, -0.1) is 24.2 Å². The second-order valence-electron chi connectivity index (χ2n) is 6.06. The number of benzene rings is 2. The van der Waals surface area contributed by atoms with Crippen LogP contribution in [0.5, 0.6) is 0 Å². The monoisotopic (exact) mass is 384 g/mol. The Bertz CT molecular complexity index is 697. The smallest absolute Gasteiger partial charge is 0.230 e. The summed E-state index contributed by atoms with van der Waals surface area (Å²) in [5.41, 5.74) is 5.90. The van der Waals surface area contributed by atoms with E-state index in [1.807, 2.05) is 36.4 Å². The molecule has 3 rings (SSSR count). The van der Waals surface area contributed by atoms with E-state index in [2.05, 4.69) is 5.32 Å². The van der Waals surface area contributed by atoms with Crippen LogP contribution in [-0.4, -0.2) is 23.7 Å². The Morgan fingerprint density at radius 3 is 2.54 bits per heavy atom. The first kappa shape index (κ1) is 19.4. The Hall–Kier alpha value is -0.940. The topological polar surface area (TPSA) is 55.1 Å². The molecule has 0 spiro atoms. The van der Waals surface area contributed by atoms with Gasteiger partial charge in [-0.2, -0.15) is 0 Å². The van der Waals surface area contributed by atoms with Crippen LogP contribution in [0, 0.1) is 0 Å². The van der Waals surface area contributed by atoms with Crippen molar-refractivity contribution in [3.63, 3.8) is 0 Å². The highest BCUT2D eigenvalue weighted by molar-refractivity contribution is 8.00. The highest BCUT2D eigenvalue weighted by Gasteiger charge is 2.20. The summed E-state index contributed by atoms with van der Waals surface area (Å²) in [6.07, 6.45) is 3.96. The minimum absolute atomic E-state index is 0. The van der Waals surface area contributed by atoms with Crippen LogP contribution in [0.2, 0.25) is 5.02 Å². The molecule has 1 fully saturated rings. The molecule has 130 valence electrons. The number of nitrogens with one attached hydrogen (secondary N) is 1. The molecule has 0 atom stereocenters. The summed E-state index contributed by atoms with van der Waals surface area (Å²) in [7, 11) is 0. The lowest BCUT2D eigenvalue weighted by molar-refractivity contribution is -0.119. The zero-order chi connectivity index (χ0) is 16.2. The lowest BCUT2D eigenvalue weighted by Crippen LogP contribution is -2.41. The fraction of sp³-hybridized carbons (Fsp3) is 0.389. The van der Waals surface area contributed by atoms with Gasteiger partial charge in [0, 0.05) is 27.4 Å². The molecule has 1 aliphatic rings. The standard InChI is InChI=1S/C18H21ClN2OS.ClH/c19-15-5-1-3-12-4-2-6-16(18(12)15)23-11-17(22)21-14-9-7-13(20)8-10-14;/h1-6,13-14H,7-11,20H2,(H,21,22);1H. The molecule has 0 radical (unpaired) electrons. The molecule has 3 nitrogen and oxygen atoms in total. The number of thioether (sulfide) groups is 1. The van der Waals surface area contributed by atoms with Gasteiger partial charge in [0.15, 0.2) is 0 Å². The molecule has 0 unspecified atom stereocenters. The molecule has 2 aromatic rings. The van der Waals surface area contributed by atoms with E-state index in [4.69, 9.17) is 17.3 Å². The number of halogens is 2. The molecule has 0 bridgehead atoms. The van der Waals surface area contributed by atoms with E-state index in [0.717, 1.165) is 46.4 Å². The first-order chi connectivity index (χ1) is 11.1. The predicted octanol–water partition coefficient (Wildman–Crippen LogP) is 4.39. The molecule has 2 aromatic carbocycles. The summed E-state index contributed by atoms with van der Waals surface area (Å²) in [6.45, 7) is 0. The quantitative estimate of drug-likeness (QED) is 0.768. The molecule has 6 heteroatoms. The average Bonchev–Trinajstić information content (AvgIpc) is 2.55. The van der Waals surface area contributed by atoms with Gasteiger partial charge in [-0.25, -0.2) is 0 Å². The van der Waals surface area contributed by atoms with Crippen LogP contribution >= 0.6 is 35.8 Å². The second kappa shape index (κ2) is 8.95. The summed E-state index contributed by atoms with van der Waals surface area (Å²) in [5, 5.41) is 5.98. The second-order valence-corrected chi connectivity index (χ2v) is 7.49. The van der Waals surface area contributed by atoms with Gasteiger partial charge in [0.2, 0.25) is 5.91 Å². The predicted molar refractivity (Wildman–Crippen MR) is 105 cm³/mol. The molecule has 0 heterocycles. The fourth-order valence-corrected chi connectivity index (χ4v) is 4.32. The molecule has 0 aromatic heterocycles. The number of rotatable bonds is 4. The van der Waals surface area contributed by atoms with Gasteiger partial charge in [0.1, 0.15) is 0 Å². The summed E-state index contributed by atoms with van der Waals surface area (Å²) in [6, 6.07) is 12.5. The van der Waals surface area contributed by atoms with E-state index in [0.29, 0.717) is 11.8 Å². The van der Waals surface area contributed by atoms with Gasteiger partial charge in [-0.3, -0.25) is 4.79 Å². The van der Waals surface area contributed by atoms with E-state index in [-0.39, 0.29) is 24.4 Å². The highest BCUT2D eigenvalue weighted by Crippen LogP contribution is 2.33. The van der Waals surface area contributed by atoms with E-state index >= 15 is 0 Å². The number of carbonyl (C=O) groups is 1. The summed E-state index contributed by atoms with van der Waals surface area (Å²) >= 11 is 7.86. The summed E-state index contributed by atoms with van der Waals surface area (Å²) in [4.78, 5) is 13.2. The van der Waals surface area contributed by atoms with Crippen molar-refractivity contribution in [2.75, 3.05) is 5.75 Å². The molecule has 1 amide bonds. The van der Waals surface area contributed by atoms with E-state index in [1.165, 1.54) is 0 Å². The SMILES string of the molecule is Cl.NC1CCC(NC(=O)CSc2cccc3cccc(Cl)c23)CC1. The van der Waals surface area contributed by atoms with Gasteiger partial charge in [-0.1, -0.05) is 35.9 Å². The number of nitrogens with two attached hydrogens (primary N) is 1. The van der Waals surface area contributed by atoms with E-state index in [9.17, 15) is 4.79 Å². The van der Waals surface area contributed by atoms with Crippen LogP contribution in [0.25, 0.3) is 10.8 Å². The van der Waals surface area contributed by atoms with Crippen LogP contribution in [-0.2, 0) is 4.79 Å². The molecule has 3 N–H and O–H groups in total. The van der Waals surface area contributed by atoms with Crippen LogP contribution in [0.4, 0.5) is 0 Å². The Morgan fingerprint density at radius 1 is 1.17 bits per heavy atom. The van der Waals surface area contributed by atoms with Crippen molar-refractivity contribution in [1.82, 2.24) is 5.32 Å². The third-order valence-electron chi connectivity index (χ3n) is 4.31. The lowest BCUT2D eigenvalue weighted by atomic mass is 9.92. The van der Waals surface area contributed by atoms with Crippen molar-refractivity contribution in [1.29, 1.82) is 0 Å². The maximum atomic E-state index is 12.2. The molecular formula is C18H22Cl2N2OS. The van der Waals surface area contributed by atoms with Crippen molar-refractivity contribution < 1.29 is 4.79 Å². The van der Waals surface area contributed by atoms with Crippen molar-refractivity contribution in [2.24, 2.45) is 5.73 Å². The van der Waals surface area contributed by atoms with E-state index in [1.54, 1.807) is 11.8 Å². The third kappa shape index (κ3) is 4.79. The highest BCUT2D eigenvalue weighted by atomic mass is 35.5. The number of fused-ring (bicyclic) bond motifs is 1. The Morgan fingerprint density at radius 2 is 1.83 bits per heavy atom. The number of hydrogen-bond donors (Lipinski definition) is 2. The van der Waals surface area contributed by atoms with Crippen LogP contribution in [0.1, 0.15) is 25.7 Å². The van der Waals surface area contributed by atoms with Crippen LogP contribution < -0.4 is 11.1 Å². The van der Waals surface area contributed by atoms with Crippen LogP contribution in [0.3, 0.4) is 0 Å². The van der Waals surface area contributed by atoms with Crippen molar-refractivity contribution in [3.05, 3.63) is 41.4 Å². The number of carbonyl (C=O) groups excluding carboxylic acids is 1. The lowest BCUT2D eigenvalue weighted by Gasteiger charge is -2.26. The maximum Gasteiger partial charge on any atom is 0.230 e. The van der Waals surface area contributed by atoms with Crippen molar-refractivity contribution in [2.45, 2.75) is 42.7 Å². The minimum Gasteiger partial charge on any atom is -0.353 e. The average molecular weight is 385 g/mol. The fourth-order valence-electron chi connectivity index (χ4n) is 3.06. The van der Waals surface area contributed by atoms with Crippen molar-refractivity contribution >= 4 is 52.4 Å². The van der Waals surface area contributed by atoms with Gasteiger partial charge < -0.3 is 11.1 Å². The maximum absolute atomic E-state index is 12.2. The zero-order valence-electron chi connectivity index (χ0n) is 13.3. The van der Waals surface area contributed by atoms with Gasteiger partial charge in [-0.05, 0) is 43.2 Å². The zero-order valence-corrected chi connectivity index (χ0v) is 15.7. The molecule has 0 aliphatic heterocycles. The third-order valence-corrected chi connectivity index (χ3v) is 5.68. The van der Waals surface area contributed by atoms with Gasteiger partial charge in [0.05, 0.1) is 5.75 Å². The van der Waals surface area contributed by atoms with Gasteiger partial charge >= 0.3 is 0 Å². The molecular weight excluding hydrogens is 363 g/mol. The Kier molecular flexibility index (Phi) is 7.23. The number of amides is 1. The van der Waals surface area contributed by atoms with Gasteiger partial charge in [0.25, 0.3) is 0 Å². The Labute approximate surface area is 158 Å². The molecule has 1 saturated carbocycles. The molecule has 0 saturated heterocycles. The summed E-state index contributed by atoms with van der Waals surface area (Å²) in [5.74, 6) is 0.493. The first-order valence-corrected chi connectivity index (χ1v) is 9.35. The minimum atomic E-state index is 0. The normalized spacial score (nSPS) is 20.4.